The van der Waals surface area contributed by atoms with E-state index >= 15 is 0 Å². The Kier molecular flexibility index (Phi) is 8.38. The predicted octanol–water partition coefficient (Wildman–Crippen LogP) is 2.18. The predicted molar refractivity (Wildman–Crippen MR) is 116 cm³/mol. The van der Waals surface area contributed by atoms with Crippen LogP contribution in [0.5, 0.6) is 0 Å². The van der Waals surface area contributed by atoms with Crippen molar-refractivity contribution in [3.63, 3.8) is 0 Å². The third-order valence-corrected chi connectivity index (χ3v) is 5.50. The van der Waals surface area contributed by atoms with Crippen LogP contribution in [0.15, 0.2) is 42.5 Å². The number of carbonyl (C=O) groups excluding carboxylic acids is 1. The lowest BCUT2D eigenvalue weighted by molar-refractivity contribution is -0.150. The summed E-state index contributed by atoms with van der Waals surface area (Å²) in [6.45, 7) is 3.81. The summed E-state index contributed by atoms with van der Waals surface area (Å²) in [5.74, 6) is 0.452. The number of nitrogens with zero attached hydrogens (tertiary/aromatic N) is 2. The maximum absolute atomic E-state index is 12.4. The molecule has 2 unspecified atom stereocenters. The molecule has 2 aromatic rings. The Hall–Kier alpha value is -1.31. The molecule has 2 atom stereocenters. The van der Waals surface area contributed by atoms with Crippen molar-refractivity contribution in [3.8, 4) is 0 Å². The van der Waals surface area contributed by atoms with Gasteiger partial charge in [0.05, 0.1) is 7.11 Å². The van der Waals surface area contributed by atoms with E-state index in [-0.39, 0.29) is 30.5 Å². The van der Waals surface area contributed by atoms with Crippen LogP contribution < -0.4 is 5.73 Å². The first kappa shape index (κ1) is 22.0. The summed E-state index contributed by atoms with van der Waals surface area (Å²) in [6.07, 6.45) is 0. The Morgan fingerprint density at radius 2 is 2.00 bits per heavy atom. The number of methoxy groups -OCH3 is 1. The van der Waals surface area contributed by atoms with Gasteiger partial charge in [-0.3, -0.25) is 14.6 Å². The van der Waals surface area contributed by atoms with Gasteiger partial charge < -0.3 is 10.5 Å². The molecule has 3 rings (SSSR count). The zero-order valence-electron chi connectivity index (χ0n) is 15.6. The molecule has 0 radical (unpaired) electrons. The van der Waals surface area contributed by atoms with Crippen LogP contribution in [0.1, 0.15) is 5.56 Å². The Balaban J connectivity index is 0.00000261. The number of hydrogen-bond donors (Lipinski definition) is 2. The first-order chi connectivity index (χ1) is 12.6. The molecule has 148 valence electrons. The lowest BCUT2D eigenvalue weighted by Gasteiger charge is -2.40. The summed E-state index contributed by atoms with van der Waals surface area (Å²) in [7, 11) is 1.46. The van der Waals surface area contributed by atoms with E-state index in [1.165, 1.54) is 23.4 Å². The van der Waals surface area contributed by atoms with Gasteiger partial charge in [-0.15, -0.1) is 12.4 Å². The van der Waals surface area contributed by atoms with E-state index in [2.05, 4.69) is 58.8 Å². The highest BCUT2D eigenvalue weighted by Gasteiger charge is 2.33. The van der Waals surface area contributed by atoms with E-state index in [0.717, 1.165) is 26.2 Å². The summed E-state index contributed by atoms with van der Waals surface area (Å²) in [5, 5.41) is 2.45. The van der Waals surface area contributed by atoms with E-state index in [4.69, 9.17) is 10.5 Å². The molecule has 0 aromatic heterocycles. The monoisotopic (exact) mass is 409 g/mol. The molecule has 0 amide bonds. The summed E-state index contributed by atoms with van der Waals surface area (Å²) >= 11 is 4.26. The molecule has 1 aliphatic rings. The molecule has 0 spiro atoms. The largest absolute Gasteiger partial charge is 0.468 e. The van der Waals surface area contributed by atoms with Crippen molar-refractivity contribution in [3.05, 3.63) is 48.0 Å². The van der Waals surface area contributed by atoms with E-state index in [1.54, 1.807) is 0 Å². The first-order valence-corrected chi connectivity index (χ1v) is 9.63. The number of benzene rings is 2. The third kappa shape index (κ3) is 5.36. The molecule has 5 nitrogen and oxygen atoms in total. The Morgan fingerprint density at radius 3 is 2.74 bits per heavy atom. The highest BCUT2D eigenvalue weighted by atomic mass is 35.5. The van der Waals surface area contributed by atoms with Crippen LogP contribution >= 0.6 is 25.0 Å². The molecular weight excluding hydrogens is 382 g/mol. The van der Waals surface area contributed by atoms with Crippen molar-refractivity contribution >= 4 is 41.8 Å². The zero-order valence-corrected chi connectivity index (χ0v) is 17.3. The van der Waals surface area contributed by atoms with E-state index in [9.17, 15) is 4.79 Å². The lowest BCUT2D eigenvalue weighted by atomic mass is 10.0. The number of rotatable bonds is 6. The number of piperazine rings is 1. The fourth-order valence-corrected chi connectivity index (χ4v) is 3.75. The van der Waals surface area contributed by atoms with Crippen LogP contribution in [0.4, 0.5) is 0 Å². The number of fused-ring (bicyclic) bond motifs is 1. The van der Waals surface area contributed by atoms with Crippen LogP contribution in [0.25, 0.3) is 10.8 Å². The Bertz CT molecular complexity index is 756. The van der Waals surface area contributed by atoms with E-state index in [1.807, 2.05) is 6.07 Å². The topological polar surface area (TPSA) is 58.8 Å². The molecule has 27 heavy (non-hydrogen) atoms. The standard InChI is InChI=1S/C20H27N3O2S.ClH/c1-25-20(24)19-13-22(12-17(21)14-26)9-10-23(19)11-16-7-4-6-15-5-2-3-8-18(15)16;/h2-8,17,19,26H,9-14,21H2,1H3;1H. The summed E-state index contributed by atoms with van der Waals surface area (Å²) in [6, 6.07) is 14.4. The van der Waals surface area contributed by atoms with Gasteiger partial charge in [-0.25, -0.2) is 0 Å². The minimum Gasteiger partial charge on any atom is -0.468 e. The number of carbonyl (C=O) groups is 1. The van der Waals surface area contributed by atoms with Gasteiger partial charge in [0.15, 0.2) is 0 Å². The number of hydrogen-bond acceptors (Lipinski definition) is 6. The summed E-state index contributed by atoms with van der Waals surface area (Å²) < 4.78 is 5.07. The van der Waals surface area contributed by atoms with Gasteiger partial charge in [0, 0.05) is 44.5 Å². The van der Waals surface area contributed by atoms with Crippen LogP contribution in [0, 0.1) is 0 Å². The molecule has 1 fully saturated rings. The number of halogens is 1. The second-order valence-electron chi connectivity index (χ2n) is 6.85. The molecule has 0 saturated carbocycles. The molecule has 1 aliphatic heterocycles. The number of nitrogens with two attached hydrogens (primary N) is 1. The van der Waals surface area contributed by atoms with Crippen molar-refractivity contribution in [1.82, 2.24) is 9.80 Å². The third-order valence-electron chi connectivity index (χ3n) is 5.03. The molecule has 2 N–H and O–H groups in total. The summed E-state index contributed by atoms with van der Waals surface area (Å²) in [5.41, 5.74) is 7.26. The van der Waals surface area contributed by atoms with Gasteiger partial charge in [0.2, 0.25) is 0 Å². The fourth-order valence-electron chi connectivity index (χ4n) is 3.63. The molecule has 0 aliphatic carbocycles. The van der Waals surface area contributed by atoms with Gasteiger partial charge >= 0.3 is 5.97 Å². The normalized spacial score (nSPS) is 19.4. The van der Waals surface area contributed by atoms with E-state index in [0.29, 0.717) is 12.3 Å². The van der Waals surface area contributed by atoms with Gasteiger partial charge in [-0.2, -0.15) is 12.6 Å². The van der Waals surface area contributed by atoms with Crippen molar-refractivity contribution < 1.29 is 9.53 Å². The average Bonchev–Trinajstić information content (AvgIpc) is 2.68. The van der Waals surface area contributed by atoms with Gasteiger partial charge in [0.1, 0.15) is 6.04 Å². The molecular formula is C20H28ClN3O2S. The number of thiol groups is 1. The van der Waals surface area contributed by atoms with Gasteiger partial charge in [0.25, 0.3) is 0 Å². The smallest absolute Gasteiger partial charge is 0.324 e. The highest BCUT2D eigenvalue weighted by molar-refractivity contribution is 7.80. The minimum atomic E-state index is -0.278. The number of ether oxygens (including phenoxy) is 1. The molecule has 1 saturated heterocycles. The lowest BCUT2D eigenvalue weighted by Crippen LogP contribution is -2.58. The van der Waals surface area contributed by atoms with Gasteiger partial charge in [-0.05, 0) is 16.3 Å². The van der Waals surface area contributed by atoms with Crippen molar-refractivity contribution in [2.75, 3.05) is 39.0 Å². The Morgan fingerprint density at radius 1 is 1.26 bits per heavy atom. The first-order valence-electron chi connectivity index (χ1n) is 8.99. The average molecular weight is 410 g/mol. The van der Waals surface area contributed by atoms with Crippen LogP contribution in [0.2, 0.25) is 0 Å². The zero-order chi connectivity index (χ0) is 18.5. The molecule has 7 heteroatoms. The van der Waals surface area contributed by atoms with Crippen molar-refractivity contribution in [2.24, 2.45) is 5.73 Å². The fraction of sp³-hybridized carbons (Fsp3) is 0.450. The van der Waals surface area contributed by atoms with Crippen LogP contribution in [-0.4, -0.2) is 66.9 Å². The minimum absolute atomic E-state index is 0. The van der Waals surface area contributed by atoms with Crippen molar-refractivity contribution in [2.45, 2.75) is 18.6 Å². The SMILES string of the molecule is COC(=O)C1CN(CC(N)CS)CCN1Cc1cccc2ccccc12.Cl. The molecule has 2 aromatic carbocycles. The highest BCUT2D eigenvalue weighted by Crippen LogP contribution is 2.22. The van der Waals surface area contributed by atoms with Gasteiger partial charge in [-0.1, -0.05) is 42.5 Å². The molecule has 0 bridgehead atoms. The maximum atomic E-state index is 12.4. The quantitative estimate of drug-likeness (QED) is 0.565. The van der Waals surface area contributed by atoms with Crippen molar-refractivity contribution in [1.29, 1.82) is 0 Å². The Labute approximate surface area is 172 Å². The number of esters is 1. The van der Waals surface area contributed by atoms with Crippen LogP contribution in [-0.2, 0) is 16.1 Å². The summed E-state index contributed by atoms with van der Waals surface area (Å²) in [4.78, 5) is 16.9. The second kappa shape index (κ2) is 10.3. The van der Waals surface area contributed by atoms with E-state index < -0.39 is 0 Å². The molecule has 1 heterocycles. The second-order valence-corrected chi connectivity index (χ2v) is 7.22. The maximum Gasteiger partial charge on any atom is 0.324 e. The van der Waals surface area contributed by atoms with Crippen LogP contribution in [0.3, 0.4) is 0 Å².